The minimum Gasteiger partial charge on any atom is -0.506 e. The number of halogens is 1. The Bertz CT molecular complexity index is 444. The van der Waals surface area contributed by atoms with Crippen molar-refractivity contribution < 1.29 is 14.6 Å². The number of nitrogens with one attached hydrogen (secondary N) is 1. The molecule has 0 bridgehead atoms. The van der Waals surface area contributed by atoms with Crippen molar-refractivity contribution in [3.63, 3.8) is 0 Å². The van der Waals surface area contributed by atoms with Gasteiger partial charge in [-0.1, -0.05) is 6.42 Å². The molecular weight excluding hydrogens is 286 g/mol. The number of hydrogen-bond acceptors (Lipinski definition) is 4. The van der Waals surface area contributed by atoms with Crippen molar-refractivity contribution in [2.45, 2.75) is 25.3 Å². The van der Waals surface area contributed by atoms with Gasteiger partial charge in [-0.25, -0.2) is 0 Å². The van der Waals surface area contributed by atoms with Crippen LogP contribution >= 0.6 is 15.9 Å². The Morgan fingerprint density at radius 3 is 3.00 bits per heavy atom. The molecule has 1 atom stereocenters. The van der Waals surface area contributed by atoms with Gasteiger partial charge in [-0.3, -0.25) is 0 Å². The summed E-state index contributed by atoms with van der Waals surface area (Å²) in [4.78, 5) is 0. The lowest BCUT2D eigenvalue weighted by Crippen LogP contribution is -2.27. The molecule has 0 spiro atoms. The Morgan fingerprint density at radius 1 is 1.35 bits per heavy atom. The fraction of sp³-hybridized carbons (Fsp3) is 0.500. The van der Waals surface area contributed by atoms with Crippen molar-refractivity contribution in [2.24, 2.45) is 0 Å². The standard InChI is InChI=1S/C12H14BrNO3/c13-7-5-9-12(17-6-16-9)10(11(7)15)8-3-1-2-4-14-8/h5,8,14-15H,1-4,6H2. The lowest BCUT2D eigenvalue weighted by Gasteiger charge is -2.25. The number of phenols is 1. The lowest BCUT2D eigenvalue weighted by molar-refractivity contribution is 0.172. The molecule has 0 saturated carbocycles. The summed E-state index contributed by atoms with van der Waals surface area (Å²) in [6.07, 6.45) is 3.36. The van der Waals surface area contributed by atoms with E-state index in [2.05, 4.69) is 21.2 Å². The van der Waals surface area contributed by atoms with E-state index in [1.807, 2.05) is 0 Å². The van der Waals surface area contributed by atoms with Crippen LogP contribution < -0.4 is 14.8 Å². The highest BCUT2D eigenvalue weighted by Crippen LogP contribution is 2.48. The molecule has 1 aromatic carbocycles. The number of benzene rings is 1. The smallest absolute Gasteiger partial charge is 0.231 e. The van der Waals surface area contributed by atoms with Crippen molar-refractivity contribution in [3.8, 4) is 17.2 Å². The first-order chi connectivity index (χ1) is 8.27. The van der Waals surface area contributed by atoms with E-state index in [1.54, 1.807) is 6.07 Å². The first-order valence-corrected chi connectivity index (χ1v) is 6.61. The van der Waals surface area contributed by atoms with E-state index in [-0.39, 0.29) is 18.6 Å². The van der Waals surface area contributed by atoms with Crippen LogP contribution in [0.25, 0.3) is 0 Å². The lowest BCUT2D eigenvalue weighted by atomic mass is 9.95. The molecule has 1 unspecified atom stereocenters. The van der Waals surface area contributed by atoms with Gasteiger partial charge < -0.3 is 19.9 Å². The Kier molecular flexibility index (Phi) is 2.88. The van der Waals surface area contributed by atoms with Crippen molar-refractivity contribution in [2.75, 3.05) is 13.3 Å². The van der Waals surface area contributed by atoms with Crippen LogP contribution in [0.3, 0.4) is 0 Å². The molecule has 92 valence electrons. The van der Waals surface area contributed by atoms with Crippen LogP contribution in [-0.2, 0) is 0 Å². The maximum absolute atomic E-state index is 10.2. The fourth-order valence-electron chi connectivity index (χ4n) is 2.45. The largest absolute Gasteiger partial charge is 0.506 e. The van der Waals surface area contributed by atoms with Gasteiger partial charge in [0, 0.05) is 12.1 Å². The van der Waals surface area contributed by atoms with Gasteiger partial charge in [0.2, 0.25) is 6.79 Å². The molecule has 0 aromatic heterocycles. The SMILES string of the molecule is Oc1c(Br)cc2c(c1C1CCCCN1)OCO2. The quantitative estimate of drug-likeness (QED) is 0.837. The molecule has 4 nitrogen and oxygen atoms in total. The van der Waals surface area contributed by atoms with E-state index in [4.69, 9.17) is 9.47 Å². The summed E-state index contributed by atoms with van der Waals surface area (Å²) in [7, 11) is 0. The zero-order valence-corrected chi connectivity index (χ0v) is 10.9. The van der Waals surface area contributed by atoms with Gasteiger partial charge in [0.15, 0.2) is 11.5 Å². The molecule has 1 fully saturated rings. The highest BCUT2D eigenvalue weighted by molar-refractivity contribution is 9.10. The third-order valence-electron chi connectivity index (χ3n) is 3.28. The minimum atomic E-state index is 0.150. The van der Waals surface area contributed by atoms with Gasteiger partial charge in [0.25, 0.3) is 0 Å². The van der Waals surface area contributed by atoms with E-state index in [9.17, 15) is 5.11 Å². The second-order valence-corrected chi connectivity index (χ2v) is 5.21. The molecular formula is C12H14BrNO3. The van der Waals surface area contributed by atoms with E-state index in [0.717, 1.165) is 18.5 Å². The third kappa shape index (κ3) is 1.87. The maximum atomic E-state index is 10.2. The zero-order valence-electron chi connectivity index (χ0n) is 9.33. The molecule has 2 aliphatic heterocycles. The van der Waals surface area contributed by atoms with E-state index >= 15 is 0 Å². The summed E-state index contributed by atoms with van der Waals surface area (Å²) >= 11 is 3.35. The highest BCUT2D eigenvalue weighted by Gasteiger charge is 2.29. The number of hydrogen-bond donors (Lipinski definition) is 2. The van der Waals surface area contributed by atoms with Crippen LogP contribution in [0.15, 0.2) is 10.5 Å². The summed E-state index contributed by atoms with van der Waals surface area (Å²) in [5, 5.41) is 13.6. The first-order valence-electron chi connectivity index (χ1n) is 5.81. The molecule has 1 saturated heterocycles. The van der Waals surface area contributed by atoms with Crippen molar-refractivity contribution in [1.82, 2.24) is 5.32 Å². The summed E-state index contributed by atoms with van der Waals surface area (Å²) in [5.74, 6) is 1.65. The summed E-state index contributed by atoms with van der Waals surface area (Å²) < 4.78 is 11.5. The number of aromatic hydroxyl groups is 1. The predicted molar refractivity (Wildman–Crippen MR) is 66.5 cm³/mol. The molecule has 0 radical (unpaired) electrons. The number of phenolic OH excluding ortho intramolecular Hbond substituents is 1. The Labute approximate surface area is 108 Å². The Hall–Kier alpha value is -0.940. The van der Waals surface area contributed by atoms with Crippen LogP contribution in [0.1, 0.15) is 30.9 Å². The van der Waals surface area contributed by atoms with Crippen LogP contribution in [0.2, 0.25) is 0 Å². The van der Waals surface area contributed by atoms with Crippen LogP contribution in [-0.4, -0.2) is 18.4 Å². The average molecular weight is 300 g/mol. The van der Waals surface area contributed by atoms with E-state index in [1.165, 1.54) is 12.8 Å². The molecule has 1 aromatic rings. The predicted octanol–water partition coefficient (Wildman–Crippen LogP) is 2.70. The van der Waals surface area contributed by atoms with Crippen LogP contribution in [0, 0.1) is 0 Å². The number of piperidine rings is 1. The third-order valence-corrected chi connectivity index (χ3v) is 3.89. The normalized spacial score (nSPS) is 22.8. The highest BCUT2D eigenvalue weighted by atomic mass is 79.9. The molecule has 3 rings (SSSR count). The average Bonchev–Trinajstić information content (AvgIpc) is 2.79. The van der Waals surface area contributed by atoms with Gasteiger partial charge in [0.1, 0.15) is 5.75 Å². The van der Waals surface area contributed by atoms with Gasteiger partial charge in [0.05, 0.1) is 10.0 Å². The van der Waals surface area contributed by atoms with E-state index in [0.29, 0.717) is 16.0 Å². The number of fused-ring (bicyclic) bond motifs is 1. The van der Waals surface area contributed by atoms with Crippen LogP contribution in [0.4, 0.5) is 0 Å². The maximum Gasteiger partial charge on any atom is 0.231 e. The molecule has 2 N–H and O–H groups in total. The van der Waals surface area contributed by atoms with Gasteiger partial charge in [-0.05, 0) is 35.3 Å². The minimum absolute atomic E-state index is 0.150. The second-order valence-electron chi connectivity index (χ2n) is 4.36. The van der Waals surface area contributed by atoms with Gasteiger partial charge in [-0.15, -0.1) is 0 Å². The number of ether oxygens (including phenoxy) is 2. The van der Waals surface area contributed by atoms with Crippen molar-refractivity contribution in [1.29, 1.82) is 0 Å². The summed E-state index contributed by atoms with van der Waals surface area (Å²) in [5.41, 5.74) is 0.826. The van der Waals surface area contributed by atoms with Gasteiger partial charge in [-0.2, -0.15) is 0 Å². The molecule has 0 amide bonds. The number of rotatable bonds is 1. The topological polar surface area (TPSA) is 50.7 Å². The van der Waals surface area contributed by atoms with Crippen molar-refractivity contribution >= 4 is 15.9 Å². The zero-order chi connectivity index (χ0) is 11.8. The molecule has 2 aliphatic rings. The molecule has 0 aliphatic carbocycles. The van der Waals surface area contributed by atoms with Crippen LogP contribution in [0.5, 0.6) is 17.2 Å². The summed E-state index contributed by atoms with van der Waals surface area (Å²) in [6.45, 7) is 1.21. The van der Waals surface area contributed by atoms with E-state index < -0.39 is 0 Å². The monoisotopic (exact) mass is 299 g/mol. The Balaban J connectivity index is 2.07. The fourth-order valence-corrected chi connectivity index (χ4v) is 2.87. The molecule has 2 heterocycles. The molecule has 5 heteroatoms. The van der Waals surface area contributed by atoms with Crippen molar-refractivity contribution in [3.05, 3.63) is 16.1 Å². The second kappa shape index (κ2) is 4.38. The first kappa shape index (κ1) is 11.2. The summed E-state index contributed by atoms with van der Waals surface area (Å²) in [6, 6.07) is 1.90. The Morgan fingerprint density at radius 2 is 2.24 bits per heavy atom. The van der Waals surface area contributed by atoms with Gasteiger partial charge >= 0.3 is 0 Å². The molecule has 17 heavy (non-hydrogen) atoms.